The third-order valence-electron chi connectivity index (χ3n) is 3.79. The van der Waals surface area contributed by atoms with Crippen LogP contribution in [0.25, 0.3) is 0 Å². The van der Waals surface area contributed by atoms with Crippen LogP contribution in [0.2, 0.25) is 0 Å². The highest BCUT2D eigenvalue weighted by molar-refractivity contribution is 7.98. The molecule has 0 saturated heterocycles. The second-order valence-electron chi connectivity index (χ2n) is 7.14. The third-order valence-corrected chi connectivity index (χ3v) is 4.82. The lowest BCUT2D eigenvalue weighted by atomic mass is 9.92. The van der Waals surface area contributed by atoms with Crippen molar-refractivity contribution in [1.82, 2.24) is 9.78 Å². The van der Waals surface area contributed by atoms with Crippen molar-refractivity contribution in [2.75, 3.05) is 11.1 Å². The van der Waals surface area contributed by atoms with Crippen LogP contribution in [0.5, 0.6) is 0 Å². The van der Waals surface area contributed by atoms with Crippen molar-refractivity contribution in [2.45, 2.75) is 38.4 Å². The van der Waals surface area contributed by atoms with Crippen molar-refractivity contribution in [3.05, 3.63) is 47.3 Å². The van der Waals surface area contributed by atoms with Gasteiger partial charge in [-0.1, -0.05) is 32.9 Å². The molecule has 7 heteroatoms. The van der Waals surface area contributed by atoms with Gasteiger partial charge in [0.15, 0.2) is 0 Å². The molecule has 6 nitrogen and oxygen atoms in total. The van der Waals surface area contributed by atoms with E-state index in [9.17, 15) is 9.59 Å². The van der Waals surface area contributed by atoms with E-state index in [-0.39, 0.29) is 17.7 Å². The van der Waals surface area contributed by atoms with Gasteiger partial charge in [-0.3, -0.25) is 14.3 Å². The Morgan fingerprint density at radius 2 is 2.00 bits per heavy atom. The van der Waals surface area contributed by atoms with Gasteiger partial charge in [0.25, 0.3) is 5.91 Å². The zero-order valence-corrected chi connectivity index (χ0v) is 16.4. The summed E-state index contributed by atoms with van der Waals surface area (Å²) in [4.78, 5) is 23.1. The summed E-state index contributed by atoms with van der Waals surface area (Å²) < 4.78 is 1.60. The van der Waals surface area contributed by atoms with E-state index in [1.54, 1.807) is 23.5 Å². The van der Waals surface area contributed by atoms with E-state index in [1.165, 1.54) is 0 Å². The van der Waals surface area contributed by atoms with Crippen molar-refractivity contribution >= 4 is 29.3 Å². The van der Waals surface area contributed by atoms with Gasteiger partial charge in [-0.15, -0.1) is 0 Å². The largest absolute Gasteiger partial charge is 0.481 e. The number of hydrogen-bond acceptors (Lipinski definition) is 4. The van der Waals surface area contributed by atoms with Crippen LogP contribution in [0.3, 0.4) is 0 Å². The molecule has 0 aliphatic carbocycles. The van der Waals surface area contributed by atoms with Crippen molar-refractivity contribution in [3.63, 3.8) is 0 Å². The number of nitrogens with one attached hydrogen (secondary N) is 1. The van der Waals surface area contributed by atoms with E-state index >= 15 is 0 Å². The lowest BCUT2D eigenvalue weighted by Crippen LogP contribution is -2.16. The van der Waals surface area contributed by atoms with Gasteiger partial charge in [-0.05, 0) is 23.8 Å². The van der Waals surface area contributed by atoms with Crippen LogP contribution in [0, 0.1) is 0 Å². The number of carboxylic acid groups (broad SMARTS) is 1. The molecule has 0 aliphatic rings. The molecule has 2 aromatic rings. The summed E-state index contributed by atoms with van der Waals surface area (Å²) in [5.74, 6) is 0.281. The van der Waals surface area contributed by atoms with Crippen LogP contribution < -0.4 is 5.32 Å². The number of carbonyl (C=O) groups excluding carboxylic acids is 1. The SMILES string of the molecule is Cn1nc(C(C)(C)C)cc1C(=O)Nc1cccc(CSCCC(=O)O)c1. The Morgan fingerprint density at radius 1 is 1.27 bits per heavy atom. The number of anilines is 1. The summed E-state index contributed by atoms with van der Waals surface area (Å²) in [6.45, 7) is 6.17. The number of amides is 1. The average molecular weight is 375 g/mol. The Labute approximate surface area is 158 Å². The molecule has 0 atom stereocenters. The fraction of sp³-hybridized carbons (Fsp3) is 0.421. The first-order valence-electron chi connectivity index (χ1n) is 8.41. The molecule has 0 radical (unpaired) electrons. The minimum absolute atomic E-state index is 0.122. The number of aryl methyl sites for hydroxylation is 1. The van der Waals surface area contributed by atoms with Gasteiger partial charge in [-0.25, -0.2) is 0 Å². The molecule has 2 rings (SSSR count). The summed E-state index contributed by atoms with van der Waals surface area (Å²) in [5, 5.41) is 16.0. The van der Waals surface area contributed by atoms with Crippen molar-refractivity contribution in [3.8, 4) is 0 Å². The number of carboxylic acids is 1. The Bertz CT molecular complexity index is 794. The fourth-order valence-electron chi connectivity index (χ4n) is 2.33. The van der Waals surface area contributed by atoms with Gasteiger partial charge < -0.3 is 10.4 Å². The number of thioether (sulfide) groups is 1. The molecule has 1 heterocycles. The normalized spacial score (nSPS) is 11.4. The molecule has 140 valence electrons. The summed E-state index contributed by atoms with van der Waals surface area (Å²) >= 11 is 1.56. The smallest absolute Gasteiger partial charge is 0.304 e. The van der Waals surface area contributed by atoms with Crippen LogP contribution in [-0.2, 0) is 23.0 Å². The maximum Gasteiger partial charge on any atom is 0.304 e. The predicted octanol–water partition coefficient (Wildman–Crippen LogP) is 3.68. The Kier molecular flexibility index (Phi) is 6.47. The molecule has 26 heavy (non-hydrogen) atoms. The zero-order chi connectivity index (χ0) is 19.3. The monoisotopic (exact) mass is 375 g/mol. The molecular formula is C19H25N3O3S. The maximum atomic E-state index is 12.6. The Morgan fingerprint density at radius 3 is 2.62 bits per heavy atom. The van der Waals surface area contributed by atoms with Crippen LogP contribution in [0.4, 0.5) is 5.69 Å². The molecule has 0 bridgehead atoms. The minimum Gasteiger partial charge on any atom is -0.481 e. The number of benzene rings is 1. The molecule has 0 spiro atoms. The molecule has 1 aromatic heterocycles. The van der Waals surface area contributed by atoms with Gasteiger partial charge in [0.05, 0.1) is 12.1 Å². The first kappa shape index (κ1) is 20.0. The van der Waals surface area contributed by atoms with Crippen molar-refractivity contribution in [1.29, 1.82) is 0 Å². The maximum absolute atomic E-state index is 12.6. The van der Waals surface area contributed by atoms with E-state index in [1.807, 2.05) is 30.3 Å². The van der Waals surface area contributed by atoms with Crippen molar-refractivity contribution < 1.29 is 14.7 Å². The predicted molar refractivity (Wildman–Crippen MR) is 105 cm³/mol. The highest BCUT2D eigenvalue weighted by Crippen LogP contribution is 2.22. The summed E-state index contributed by atoms with van der Waals surface area (Å²) in [6, 6.07) is 9.41. The van der Waals surface area contributed by atoms with Gasteiger partial charge in [0.2, 0.25) is 0 Å². The van der Waals surface area contributed by atoms with Gasteiger partial charge in [0, 0.05) is 29.7 Å². The molecule has 0 fully saturated rings. The van der Waals surface area contributed by atoms with Crippen LogP contribution in [0.15, 0.2) is 30.3 Å². The summed E-state index contributed by atoms with van der Waals surface area (Å²) in [6.07, 6.45) is 0.150. The Hall–Kier alpha value is -2.28. The minimum atomic E-state index is -0.788. The lowest BCUT2D eigenvalue weighted by molar-refractivity contribution is -0.136. The van der Waals surface area contributed by atoms with E-state index < -0.39 is 5.97 Å². The third kappa shape index (κ3) is 5.62. The highest BCUT2D eigenvalue weighted by atomic mass is 32.2. The molecule has 1 amide bonds. The molecule has 2 N–H and O–H groups in total. The topological polar surface area (TPSA) is 84.2 Å². The average Bonchev–Trinajstić information content (AvgIpc) is 2.94. The second kappa shape index (κ2) is 8.40. The second-order valence-corrected chi connectivity index (χ2v) is 8.24. The number of aromatic nitrogens is 2. The van der Waals surface area contributed by atoms with E-state index in [2.05, 4.69) is 31.2 Å². The van der Waals surface area contributed by atoms with Crippen molar-refractivity contribution in [2.24, 2.45) is 7.05 Å². The van der Waals surface area contributed by atoms with Gasteiger partial charge >= 0.3 is 5.97 Å². The summed E-state index contributed by atoms with van der Waals surface area (Å²) in [7, 11) is 1.76. The van der Waals surface area contributed by atoms with Gasteiger partial charge in [0.1, 0.15) is 5.69 Å². The first-order chi connectivity index (χ1) is 12.2. The van der Waals surface area contributed by atoms with E-state index in [0.29, 0.717) is 22.9 Å². The molecule has 1 aromatic carbocycles. The first-order valence-corrected chi connectivity index (χ1v) is 9.56. The number of rotatable bonds is 7. The van der Waals surface area contributed by atoms with Crippen LogP contribution in [-0.4, -0.2) is 32.5 Å². The van der Waals surface area contributed by atoms with Crippen LogP contribution >= 0.6 is 11.8 Å². The molecule has 0 aliphatic heterocycles. The molecule has 0 saturated carbocycles. The number of nitrogens with zero attached hydrogens (tertiary/aromatic N) is 2. The molecular weight excluding hydrogens is 350 g/mol. The quantitative estimate of drug-likeness (QED) is 0.721. The lowest BCUT2D eigenvalue weighted by Gasteiger charge is -2.13. The fourth-order valence-corrected chi connectivity index (χ4v) is 3.21. The van der Waals surface area contributed by atoms with Gasteiger partial charge in [-0.2, -0.15) is 16.9 Å². The van der Waals surface area contributed by atoms with E-state index in [0.717, 1.165) is 11.3 Å². The number of carbonyl (C=O) groups is 2. The standard InChI is InChI=1S/C19H25N3O3S/c1-19(2,3)16-11-15(22(4)21-16)18(25)20-14-7-5-6-13(10-14)12-26-9-8-17(23)24/h5-7,10-11H,8-9,12H2,1-4H3,(H,20,25)(H,23,24). The van der Waals surface area contributed by atoms with E-state index in [4.69, 9.17) is 5.11 Å². The zero-order valence-electron chi connectivity index (χ0n) is 15.6. The summed E-state index contributed by atoms with van der Waals surface area (Å²) in [5.41, 5.74) is 3.01. The van der Waals surface area contributed by atoms with Crippen LogP contribution in [0.1, 0.15) is 48.9 Å². The highest BCUT2D eigenvalue weighted by Gasteiger charge is 2.21. The Balaban J connectivity index is 2.02. The number of aliphatic carboxylic acids is 1. The molecule has 0 unspecified atom stereocenters. The number of hydrogen-bond donors (Lipinski definition) is 2.